The minimum absolute atomic E-state index is 0.643. The van der Waals surface area contributed by atoms with Crippen molar-refractivity contribution in [3.63, 3.8) is 0 Å². The van der Waals surface area contributed by atoms with Gasteiger partial charge in [-0.3, -0.25) is 5.41 Å². The van der Waals surface area contributed by atoms with Crippen molar-refractivity contribution in [1.29, 1.82) is 5.41 Å². The van der Waals surface area contributed by atoms with Crippen molar-refractivity contribution in [3.05, 3.63) is 29.3 Å². The fraction of sp³-hybridized carbons (Fsp3) is 0.364. The van der Waals surface area contributed by atoms with Gasteiger partial charge in [0.1, 0.15) is 0 Å². The van der Waals surface area contributed by atoms with E-state index >= 15 is 0 Å². The van der Waals surface area contributed by atoms with Gasteiger partial charge in [0, 0.05) is 12.2 Å². The molecule has 0 atom stereocenters. The van der Waals surface area contributed by atoms with E-state index in [0.717, 1.165) is 13.0 Å². The van der Waals surface area contributed by atoms with Crippen LogP contribution in [0.3, 0.4) is 0 Å². The van der Waals surface area contributed by atoms with Crippen molar-refractivity contribution in [2.24, 2.45) is 0 Å². The number of amidine groups is 1. The van der Waals surface area contributed by atoms with Gasteiger partial charge < -0.3 is 4.90 Å². The molecule has 0 amide bonds. The Balaban J connectivity index is 2.46. The van der Waals surface area contributed by atoms with E-state index < -0.39 is 0 Å². The highest BCUT2D eigenvalue weighted by atomic mass is 15.2. The van der Waals surface area contributed by atoms with Gasteiger partial charge in [-0.05, 0) is 37.5 Å². The molecule has 13 heavy (non-hydrogen) atoms. The van der Waals surface area contributed by atoms with Gasteiger partial charge in [0.25, 0.3) is 0 Å². The summed E-state index contributed by atoms with van der Waals surface area (Å²) >= 11 is 0. The number of nitrogens with one attached hydrogen (secondary N) is 1. The first kappa shape index (κ1) is 8.30. The minimum Gasteiger partial charge on any atom is -0.330 e. The summed E-state index contributed by atoms with van der Waals surface area (Å²) in [5.74, 6) is 0.643. The summed E-state index contributed by atoms with van der Waals surface area (Å²) in [6.07, 6.45) is 1.08. The van der Waals surface area contributed by atoms with E-state index in [0.29, 0.717) is 5.84 Å². The van der Waals surface area contributed by atoms with Gasteiger partial charge in [-0.25, -0.2) is 0 Å². The third-order valence-corrected chi connectivity index (χ3v) is 2.54. The lowest BCUT2D eigenvalue weighted by molar-refractivity contribution is 1.01. The Kier molecular flexibility index (Phi) is 1.83. The number of nitrogens with zero attached hydrogens (tertiary/aromatic N) is 1. The minimum atomic E-state index is 0.643. The van der Waals surface area contributed by atoms with Gasteiger partial charge >= 0.3 is 0 Å². The zero-order valence-electron chi connectivity index (χ0n) is 8.09. The number of anilines is 1. The van der Waals surface area contributed by atoms with Crippen LogP contribution >= 0.6 is 0 Å². The van der Waals surface area contributed by atoms with E-state index in [-0.39, 0.29) is 0 Å². The zero-order valence-corrected chi connectivity index (χ0v) is 8.09. The van der Waals surface area contributed by atoms with Crippen molar-refractivity contribution in [1.82, 2.24) is 0 Å². The van der Waals surface area contributed by atoms with E-state index in [9.17, 15) is 0 Å². The standard InChI is InChI=1S/C11H14N2/c1-8-3-4-10-5-6-13(9(2)12)11(10)7-8/h3-4,7,12H,5-6H2,1-2H3. The second-order valence-corrected chi connectivity index (χ2v) is 3.62. The smallest absolute Gasteiger partial charge is 0.0970 e. The fourth-order valence-corrected chi connectivity index (χ4v) is 1.84. The Morgan fingerprint density at radius 1 is 1.46 bits per heavy atom. The maximum atomic E-state index is 7.62. The molecule has 1 aliphatic heterocycles. The Hall–Kier alpha value is -1.31. The molecule has 68 valence electrons. The van der Waals surface area contributed by atoms with Crippen LogP contribution < -0.4 is 4.90 Å². The third-order valence-electron chi connectivity index (χ3n) is 2.54. The van der Waals surface area contributed by atoms with Crippen LogP contribution in [0.25, 0.3) is 0 Å². The highest BCUT2D eigenvalue weighted by Gasteiger charge is 2.19. The van der Waals surface area contributed by atoms with Gasteiger partial charge in [0.15, 0.2) is 0 Å². The lowest BCUT2D eigenvalue weighted by Gasteiger charge is -2.17. The maximum Gasteiger partial charge on any atom is 0.0970 e. The summed E-state index contributed by atoms with van der Waals surface area (Å²) in [5, 5.41) is 7.62. The average molecular weight is 174 g/mol. The first-order valence-electron chi connectivity index (χ1n) is 4.61. The number of rotatable bonds is 0. The van der Waals surface area contributed by atoms with E-state index in [2.05, 4.69) is 30.0 Å². The molecule has 2 heteroatoms. The average Bonchev–Trinajstić information content (AvgIpc) is 2.46. The van der Waals surface area contributed by atoms with Crippen LogP contribution in [0.4, 0.5) is 5.69 Å². The summed E-state index contributed by atoms with van der Waals surface area (Å²) in [6, 6.07) is 6.48. The predicted octanol–water partition coefficient (Wildman–Crippen LogP) is 2.35. The first-order chi connectivity index (χ1) is 6.18. The zero-order chi connectivity index (χ0) is 9.42. The molecule has 1 heterocycles. The molecule has 1 aromatic carbocycles. The summed E-state index contributed by atoms with van der Waals surface area (Å²) in [4.78, 5) is 2.07. The van der Waals surface area contributed by atoms with Crippen LogP contribution in [0, 0.1) is 12.3 Å². The third kappa shape index (κ3) is 1.32. The highest BCUT2D eigenvalue weighted by molar-refractivity contribution is 5.95. The van der Waals surface area contributed by atoms with Crippen LogP contribution in [0.2, 0.25) is 0 Å². The van der Waals surface area contributed by atoms with E-state index in [1.54, 1.807) is 0 Å². The SMILES string of the molecule is CC(=N)N1CCc2ccc(C)cc21. The molecule has 0 radical (unpaired) electrons. The van der Waals surface area contributed by atoms with Gasteiger partial charge in [-0.2, -0.15) is 0 Å². The molecule has 0 aromatic heterocycles. The molecule has 0 aliphatic carbocycles. The number of hydrogen-bond acceptors (Lipinski definition) is 1. The lowest BCUT2D eigenvalue weighted by Crippen LogP contribution is -2.25. The second kappa shape index (κ2) is 2.87. The Bertz CT molecular complexity index is 355. The van der Waals surface area contributed by atoms with Crippen molar-refractivity contribution in [3.8, 4) is 0 Å². The summed E-state index contributed by atoms with van der Waals surface area (Å²) < 4.78 is 0. The van der Waals surface area contributed by atoms with Crippen LogP contribution in [0.5, 0.6) is 0 Å². The summed E-state index contributed by atoms with van der Waals surface area (Å²) in [5.41, 5.74) is 3.87. The van der Waals surface area contributed by atoms with Crippen molar-refractivity contribution >= 4 is 11.5 Å². The van der Waals surface area contributed by atoms with Gasteiger partial charge in [0.05, 0.1) is 5.84 Å². The van der Waals surface area contributed by atoms with E-state index in [1.165, 1.54) is 16.8 Å². The van der Waals surface area contributed by atoms with Gasteiger partial charge in [-0.1, -0.05) is 12.1 Å². The molecular weight excluding hydrogens is 160 g/mol. The molecule has 2 rings (SSSR count). The van der Waals surface area contributed by atoms with Crippen LogP contribution in [0.1, 0.15) is 18.1 Å². The molecule has 1 N–H and O–H groups in total. The topological polar surface area (TPSA) is 27.1 Å². The Morgan fingerprint density at radius 3 is 2.92 bits per heavy atom. The molecule has 0 unspecified atom stereocenters. The van der Waals surface area contributed by atoms with Gasteiger partial charge in [0.2, 0.25) is 0 Å². The number of hydrogen-bond donors (Lipinski definition) is 1. The predicted molar refractivity (Wildman–Crippen MR) is 55.6 cm³/mol. The quantitative estimate of drug-likeness (QED) is 0.474. The normalized spacial score (nSPS) is 14.5. The molecule has 1 aromatic rings. The molecular formula is C11H14N2. The Morgan fingerprint density at radius 2 is 2.23 bits per heavy atom. The molecule has 1 aliphatic rings. The molecule has 2 nitrogen and oxygen atoms in total. The monoisotopic (exact) mass is 174 g/mol. The highest BCUT2D eigenvalue weighted by Crippen LogP contribution is 2.28. The number of aryl methyl sites for hydroxylation is 1. The molecule has 0 bridgehead atoms. The van der Waals surface area contributed by atoms with Crippen LogP contribution in [-0.4, -0.2) is 12.4 Å². The number of fused-ring (bicyclic) bond motifs is 1. The van der Waals surface area contributed by atoms with Gasteiger partial charge in [-0.15, -0.1) is 0 Å². The van der Waals surface area contributed by atoms with Crippen molar-refractivity contribution in [2.75, 3.05) is 11.4 Å². The maximum absolute atomic E-state index is 7.62. The first-order valence-corrected chi connectivity index (χ1v) is 4.61. The van der Waals surface area contributed by atoms with Crippen molar-refractivity contribution in [2.45, 2.75) is 20.3 Å². The molecule has 0 fully saturated rings. The van der Waals surface area contributed by atoms with E-state index in [4.69, 9.17) is 5.41 Å². The van der Waals surface area contributed by atoms with Crippen LogP contribution in [-0.2, 0) is 6.42 Å². The summed E-state index contributed by atoms with van der Waals surface area (Å²) in [7, 11) is 0. The number of benzene rings is 1. The van der Waals surface area contributed by atoms with Crippen molar-refractivity contribution < 1.29 is 0 Å². The summed E-state index contributed by atoms with van der Waals surface area (Å²) in [6.45, 7) is 4.90. The molecule has 0 saturated heterocycles. The second-order valence-electron chi connectivity index (χ2n) is 3.62. The fourth-order valence-electron chi connectivity index (χ4n) is 1.84. The van der Waals surface area contributed by atoms with E-state index in [1.807, 2.05) is 6.92 Å². The lowest BCUT2D eigenvalue weighted by atomic mass is 10.1. The molecule has 0 saturated carbocycles. The Labute approximate surface area is 78.7 Å². The molecule has 0 spiro atoms. The largest absolute Gasteiger partial charge is 0.330 e. The van der Waals surface area contributed by atoms with Crippen LogP contribution in [0.15, 0.2) is 18.2 Å².